The molecule has 9 heteroatoms. The summed E-state index contributed by atoms with van der Waals surface area (Å²) in [4.78, 5) is -0.410. The third kappa shape index (κ3) is 5.66. The lowest BCUT2D eigenvalue weighted by atomic mass is 10.2. The summed E-state index contributed by atoms with van der Waals surface area (Å²) in [7, 11) is -3.94. The van der Waals surface area contributed by atoms with Gasteiger partial charge in [-0.2, -0.15) is 13.2 Å². The summed E-state index contributed by atoms with van der Waals surface area (Å²) in [5, 5.41) is 0. The largest absolute Gasteiger partial charge is 0.416 e. The monoisotopic (exact) mass is 332 g/mol. The van der Waals surface area contributed by atoms with Crippen LogP contribution in [0, 0.1) is 0 Å². The molecular formula is C11H16ClF3N2O2S. The predicted molar refractivity (Wildman–Crippen MR) is 72.1 cm³/mol. The molecule has 1 aromatic rings. The molecule has 0 aliphatic rings. The van der Waals surface area contributed by atoms with Gasteiger partial charge in [-0.05, 0) is 31.5 Å². The molecule has 0 aliphatic heterocycles. The molecule has 0 spiro atoms. The van der Waals surface area contributed by atoms with Crippen molar-refractivity contribution in [1.29, 1.82) is 0 Å². The molecule has 3 N–H and O–H groups in total. The van der Waals surface area contributed by atoms with Crippen LogP contribution in [0.15, 0.2) is 29.2 Å². The van der Waals surface area contributed by atoms with Gasteiger partial charge < -0.3 is 5.73 Å². The fraction of sp³-hybridized carbons (Fsp3) is 0.455. The van der Waals surface area contributed by atoms with E-state index in [1.807, 2.05) is 0 Å². The van der Waals surface area contributed by atoms with Crippen molar-refractivity contribution in [2.45, 2.75) is 30.5 Å². The second-order valence-corrected chi connectivity index (χ2v) is 5.96. The normalized spacial score (nSPS) is 13.7. The first-order valence-electron chi connectivity index (χ1n) is 5.55. The Hall–Kier alpha value is -0.830. The number of nitrogens with one attached hydrogen (secondary N) is 1. The van der Waals surface area contributed by atoms with Crippen molar-refractivity contribution in [3.05, 3.63) is 29.8 Å². The lowest BCUT2D eigenvalue weighted by molar-refractivity contribution is -0.137. The summed E-state index contributed by atoms with van der Waals surface area (Å²) < 4.78 is 63.2. The Morgan fingerprint density at radius 3 is 2.45 bits per heavy atom. The molecule has 0 heterocycles. The molecular weight excluding hydrogens is 317 g/mol. The molecule has 1 unspecified atom stereocenters. The molecule has 0 fully saturated rings. The molecule has 0 bridgehead atoms. The Balaban J connectivity index is 0.00000361. The molecule has 1 aromatic carbocycles. The van der Waals surface area contributed by atoms with E-state index in [1.165, 1.54) is 0 Å². The molecule has 0 radical (unpaired) electrons. The second-order valence-electron chi connectivity index (χ2n) is 4.19. The summed E-state index contributed by atoms with van der Waals surface area (Å²) in [6.07, 6.45) is -4.17. The number of hydrogen-bond acceptors (Lipinski definition) is 3. The van der Waals surface area contributed by atoms with E-state index >= 15 is 0 Å². The van der Waals surface area contributed by atoms with Gasteiger partial charge in [-0.15, -0.1) is 12.4 Å². The molecule has 0 saturated carbocycles. The Morgan fingerprint density at radius 2 is 1.95 bits per heavy atom. The third-order valence-electron chi connectivity index (χ3n) is 2.36. The highest BCUT2D eigenvalue weighted by molar-refractivity contribution is 7.89. The number of nitrogens with two attached hydrogens (primary N) is 1. The van der Waals surface area contributed by atoms with Crippen molar-refractivity contribution >= 4 is 22.4 Å². The first kappa shape index (κ1) is 19.2. The van der Waals surface area contributed by atoms with Crippen molar-refractivity contribution < 1.29 is 21.6 Å². The Kier molecular flexibility index (Phi) is 6.96. The topological polar surface area (TPSA) is 72.2 Å². The minimum atomic E-state index is -4.57. The number of benzene rings is 1. The zero-order chi connectivity index (χ0) is 14.7. The average Bonchev–Trinajstić information content (AvgIpc) is 2.27. The minimum absolute atomic E-state index is 0. The quantitative estimate of drug-likeness (QED) is 0.867. The van der Waals surface area contributed by atoms with Gasteiger partial charge >= 0.3 is 6.18 Å². The van der Waals surface area contributed by atoms with Crippen LogP contribution >= 0.6 is 12.4 Å². The van der Waals surface area contributed by atoms with Crippen LogP contribution in [0.5, 0.6) is 0 Å². The van der Waals surface area contributed by atoms with E-state index in [1.54, 1.807) is 6.92 Å². The first-order valence-corrected chi connectivity index (χ1v) is 7.04. The summed E-state index contributed by atoms with van der Waals surface area (Å²) in [6.45, 7) is 1.79. The summed E-state index contributed by atoms with van der Waals surface area (Å²) in [5.41, 5.74) is 4.46. The summed E-state index contributed by atoms with van der Waals surface area (Å²) in [6, 6.07) is 3.41. The molecule has 1 rings (SSSR count). The van der Waals surface area contributed by atoms with E-state index in [2.05, 4.69) is 4.72 Å². The van der Waals surface area contributed by atoms with Crippen molar-refractivity contribution in [1.82, 2.24) is 4.72 Å². The van der Waals surface area contributed by atoms with Crippen LogP contribution in [0.25, 0.3) is 0 Å². The highest BCUT2D eigenvalue weighted by Crippen LogP contribution is 2.30. The van der Waals surface area contributed by atoms with Gasteiger partial charge in [0.1, 0.15) is 0 Å². The molecule has 0 saturated heterocycles. The molecule has 4 nitrogen and oxygen atoms in total. The number of hydrogen-bond donors (Lipinski definition) is 2. The maximum absolute atomic E-state index is 12.5. The number of alkyl halides is 3. The van der Waals surface area contributed by atoms with Crippen LogP contribution < -0.4 is 10.5 Å². The zero-order valence-electron chi connectivity index (χ0n) is 10.6. The average molecular weight is 333 g/mol. The number of rotatable bonds is 5. The highest BCUT2D eigenvalue weighted by atomic mass is 35.5. The van der Waals surface area contributed by atoms with Gasteiger partial charge in [-0.3, -0.25) is 0 Å². The maximum Gasteiger partial charge on any atom is 0.416 e. The van der Waals surface area contributed by atoms with Gasteiger partial charge in [-0.1, -0.05) is 6.07 Å². The van der Waals surface area contributed by atoms with Crippen LogP contribution in [0.3, 0.4) is 0 Å². The highest BCUT2D eigenvalue weighted by Gasteiger charge is 2.31. The minimum Gasteiger partial charge on any atom is -0.328 e. The Labute approximate surface area is 122 Å². The van der Waals surface area contributed by atoms with Crippen LogP contribution in [-0.2, 0) is 16.2 Å². The van der Waals surface area contributed by atoms with Gasteiger partial charge in [0.15, 0.2) is 0 Å². The Bertz CT molecular complexity index is 533. The van der Waals surface area contributed by atoms with Gasteiger partial charge in [0.05, 0.1) is 10.5 Å². The standard InChI is InChI=1S/C11H15F3N2O2S.ClH/c1-8(15)5-6-16-19(17,18)10-4-2-3-9(7-10)11(12,13)14;/h2-4,7-8,16H,5-6,15H2,1H3;1H. The molecule has 1 atom stereocenters. The van der Waals surface area contributed by atoms with Gasteiger partial charge in [0.25, 0.3) is 0 Å². The number of halogens is 4. The van der Waals surface area contributed by atoms with E-state index in [4.69, 9.17) is 5.73 Å². The van der Waals surface area contributed by atoms with Crippen LogP contribution in [0.2, 0.25) is 0 Å². The summed E-state index contributed by atoms with van der Waals surface area (Å²) in [5.74, 6) is 0. The third-order valence-corrected chi connectivity index (χ3v) is 3.82. The first-order chi connectivity index (χ1) is 8.63. The Morgan fingerprint density at radius 1 is 1.35 bits per heavy atom. The summed E-state index contributed by atoms with van der Waals surface area (Å²) >= 11 is 0. The SMILES string of the molecule is CC(N)CCNS(=O)(=O)c1cccc(C(F)(F)F)c1.Cl. The lowest BCUT2D eigenvalue weighted by Crippen LogP contribution is -2.29. The molecule has 20 heavy (non-hydrogen) atoms. The van der Waals surface area contributed by atoms with Crippen LogP contribution in [0.1, 0.15) is 18.9 Å². The fourth-order valence-electron chi connectivity index (χ4n) is 1.34. The van der Waals surface area contributed by atoms with E-state index in [0.29, 0.717) is 12.5 Å². The van der Waals surface area contributed by atoms with Crippen molar-refractivity contribution in [3.63, 3.8) is 0 Å². The zero-order valence-corrected chi connectivity index (χ0v) is 12.3. The van der Waals surface area contributed by atoms with Crippen LogP contribution in [-0.4, -0.2) is 21.0 Å². The lowest BCUT2D eigenvalue weighted by Gasteiger charge is -2.11. The molecule has 0 amide bonds. The van der Waals surface area contributed by atoms with E-state index in [9.17, 15) is 21.6 Å². The van der Waals surface area contributed by atoms with Crippen molar-refractivity contribution in [2.75, 3.05) is 6.54 Å². The van der Waals surface area contributed by atoms with E-state index < -0.39 is 26.7 Å². The predicted octanol–water partition coefficient (Wildman–Crippen LogP) is 2.14. The van der Waals surface area contributed by atoms with Crippen LogP contribution in [0.4, 0.5) is 13.2 Å². The molecule has 116 valence electrons. The van der Waals surface area contributed by atoms with Gasteiger partial charge in [0, 0.05) is 12.6 Å². The second kappa shape index (κ2) is 7.26. The maximum atomic E-state index is 12.5. The fourth-order valence-corrected chi connectivity index (χ4v) is 2.44. The molecule has 0 aromatic heterocycles. The van der Waals surface area contributed by atoms with Gasteiger partial charge in [-0.25, -0.2) is 13.1 Å². The van der Waals surface area contributed by atoms with Crippen molar-refractivity contribution in [3.8, 4) is 0 Å². The van der Waals surface area contributed by atoms with Crippen molar-refractivity contribution in [2.24, 2.45) is 5.73 Å². The smallest absolute Gasteiger partial charge is 0.328 e. The number of sulfonamides is 1. The molecule has 0 aliphatic carbocycles. The van der Waals surface area contributed by atoms with E-state index in [-0.39, 0.29) is 25.0 Å². The van der Waals surface area contributed by atoms with Gasteiger partial charge in [0.2, 0.25) is 10.0 Å². The van der Waals surface area contributed by atoms with E-state index in [0.717, 1.165) is 18.2 Å².